The van der Waals surface area contributed by atoms with Crippen molar-refractivity contribution in [3.63, 3.8) is 0 Å². The first-order valence-electron chi connectivity index (χ1n) is 7.01. The number of nitrogens with zero attached hydrogens (tertiary/aromatic N) is 1. The number of aromatic nitrogens is 1. The molecule has 0 bridgehead atoms. The van der Waals surface area contributed by atoms with Crippen LogP contribution < -0.4 is 11.5 Å². The van der Waals surface area contributed by atoms with Crippen molar-refractivity contribution in [1.29, 1.82) is 0 Å². The molecule has 0 aliphatic heterocycles. The Labute approximate surface area is 124 Å². The van der Waals surface area contributed by atoms with Gasteiger partial charge >= 0.3 is 0 Å². The molecule has 1 aromatic heterocycles. The molecule has 3 rings (SSSR count). The maximum absolute atomic E-state index is 6.29. The van der Waals surface area contributed by atoms with Crippen LogP contribution in [0.1, 0.15) is 16.7 Å². The second kappa shape index (κ2) is 4.77. The van der Waals surface area contributed by atoms with Gasteiger partial charge in [-0.05, 0) is 37.5 Å². The molecule has 0 radical (unpaired) electrons. The molecular weight excluding hydrogens is 258 g/mol. The first-order valence-corrected chi connectivity index (χ1v) is 7.01. The Hall–Kier alpha value is -2.55. The molecule has 4 N–H and O–H groups in total. The van der Waals surface area contributed by atoms with Gasteiger partial charge in [0.1, 0.15) is 5.82 Å². The van der Waals surface area contributed by atoms with E-state index >= 15 is 0 Å². The van der Waals surface area contributed by atoms with Gasteiger partial charge in [0.25, 0.3) is 0 Å². The molecule has 0 saturated carbocycles. The van der Waals surface area contributed by atoms with Gasteiger partial charge < -0.3 is 11.5 Å². The summed E-state index contributed by atoms with van der Waals surface area (Å²) in [4.78, 5) is 4.62. The summed E-state index contributed by atoms with van der Waals surface area (Å²) in [6.45, 7) is 6.15. The number of hydrogen-bond acceptors (Lipinski definition) is 3. The lowest BCUT2D eigenvalue weighted by atomic mass is 9.95. The van der Waals surface area contributed by atoms with E-state index in [1.54, 1.807) is 0 Å². The van der Waals surface area contributed by atoms with Crippen molar-refractivity contribution < 1.29 is 0 Å². The number of nitrogen functional groups attached to an aromatic ring is 2. The highest BCUT2D eigenvalue weighted by molar-refractivity contribution is 6.04. The molecular formula is C18H19N3. The summed E-state index contributed by atoms with van der Waals surface area (Å²) in [5.41, 5.74) is 18.6. The third-order valence-electron chi connectivity index (χ3n) is 4.10. The molecule has 3 heteroatoms. The predicted octanol–water partition coefficient (Wildman–Crippen LogP) is 3.99. The summed E-state index contributed by atoms with van der Waals surface area (Å²) >= 11 is 0. The van der Waals surface area contributed by atoms with Crippen LogP contribution in [0.15, 0.2) is 36.4 Å². The molecule has 0 aliphatic carbocycles. The average molecular weight is 277 g/mol. The van der Waals surface area contributed by atoms with Crippen LogP contribution in [0.4, 0.5) is 11.5 Å². The van der Waals surface area contributed by atoms with Gasteiger partial charge in [-0.3, -0.25) is 0 Å². The van der Waals surface area contributed by atoms with Crippen molar-refractivity contribution in [3.05, 3.63) is 53.1 Å². The van der Waals surface area contributed by atoms with E-state index in [-0.39, 0.29) is 0 Å². The maximum atomic E-state index is 6.29. The number of pyridine rings is 1. The standard InChI is InChI=1S/C18H19N3/c1-10-6-4-5-7-13(10)17-12(3)15-14(18(20)21-17)9-8-11(2)16(15)19/h4-9H,19H2,1-3H3,(H2,20,21). The molecule has 21 heavy (non-hydrogen) atoms. The number of aryl methyl sites for hydroxylation is 3. The molecule has 3 aromatic rings. The van der Waals surface area contributed by atoms with E-state index in [1.165, 1.54) is 5.56 Å². The Kier molecular flexibility index (Phi) is 3.05. The third-order valence-corrected chi connectivity index (χ3v) is 4.10. The van der Waals surface area contributed by atoms with E-state index in [0.29, 0.717) is 5.82 Å². The number of hydrogen-bond donors (Lipinski definition) is 2. The van der Waals surface area contributed by atoms with Gasteiger partial charge in [0.15, 0.2) is 0 Å². The van der Waals surface area contributed by atoms with Crippen molar-refractivity contribution in [2.45, 2.75) is 20.8 Å². The SMILES string of the molecule is Cc1ccccc1-c1nc(N)c2ccc(C)c(N)c2c1C. The van der Waals surface area contributed by atoms with Crippen LogP contribution in [-0.2, 0) is 0 Å². The van der Waals surface area contributed by atoms with E-state index in [2.05, 4.69) is 31.0 Å². The van der Waals surface area contributed by atoms with E-state index < -0.39 is 0 Å². The molecule has 106 valence electrons. The van der Waals surface area contributed by atoms with Gasteiger partial charge in [-0.1, -0.05) is 36.4 Å². The molecule has 0 fully saturated rings. The van der Waals surface area contributed by atoms with Crippen LogP contribution in [0.5, 0.6) is 0 Å². The lowest BCUT2D eigenvalue weighted by molar-refractivity contribution is 1.29. The zero-order valence-electron chi connectivity index (χ0n) is 12.6. The minimum absolute atomic E-state index is 0.528. The summed E-state index contributed by atoms with van der Waals surface area (Å²) in [6, 6.07) is 12.2. The quantitative estimate of drug-likeness (QED) is 0.661. The number of benzene rings is 2. The maximum Gasteiger partial charge on any atom is 0.132 e. The largest absolute Gasteiger partial charge is 0.398 e. The number of fused-ring (bicyclic) bond motifs is 1. The molecule has 2 aromatic carbocycles. The van der Waals surface area contributed by atoms with E-state index in [4.69, 9.17) is 11.5 Å². The summed E-state index contributed by atoms with van der Waals surface area (Å²) < 4.78 is 0. The Morgan fingerprint density at radius 3 is 2.29 bits per heavy atom. The van der Waals surface area contributed by atoms with Gasteiger partial charge in [-0.25, -0.2) is 4.98 Å². The number of rotatable bonds is 1. The summed E-state index contributed by atoms with van der Waals surface area (Å²) in [7, 11) is 0. The highest BCUT2D eigenvalue weighted by atomic mass is 14.8. The molecule has 1 heterocycles. The van der Waals surface area contributed by atoms with Crippen molar-refractivity contribution >= 4 is 22.3 Å². The predicted molar refractivity (Wildman–Crippen MR) is 90.2 cm³/mol. The van der Waals surface area contributed by atoms with Crippen LogP contribution in [0.25, 0.3) is 22.0 Å². The van der Waals surface area contributed by atoms with Crippen molar-refractivity contribution in [2.75, 3.05) is 11.5 Å². The fourth-order valence-electron chi connectivity index (χ4n) is 2.82. The van der Waals surface area contributed by atoms with Gasteiger partial charge in [0.05, 0.1) is 5.69 Å². The van der Waals surface area contributed by atoms with E-state index in [1.807, 2.05) is 31.2 Å². The first kappa shape index (κ1) is 13.4. The van der Waals surface area contributed by atoms with Gasteiger partial charge in [0.2, 0.25) is 0 Å². The highest BCUT2D eigenvalue weighted by Crippen LogP contribution is 2.36. The molecule has 0 spiro atoms. The fourth-order valence-corrected chi connectivity index (χ4v) is 2.82. The first-order chi connectivity index (χ1) is 10.0. The summed E-state index contributed by atoms with van der Waals surface area (Å²) in [5, 5.41) is 1.94. The van der Waals surface area contributed by atoms with Crippen molar-refractivity contribution in [2.24, 2.45) is 0 Å². The highest BCUT2D eigenvalue weighted by Gasteiger charge is 2.15. The second-order valence-electron chi connectivity index (χ2n) is 5.50. The molecule has 0 unspecified atom stereocenters. The Morgan fingerprint density at radius 2 is 1.57 bits per heavy atom. The molecule has 0 atom stereocenters. The Bertz CT molecular complexity index is 851. The van der Waals surface area contributed by atoms with Crippen LogP contribution >= 0.6 is 0 Å². The van der Waals surface area contributed by atoms with Gasteiger partial charge in [0, 0.05) is 22.0 Å². The lowest BCUT2D eigenvalue weighted by Crippen LogP contribution is -2.02. The Morgan fingerprint density at radius 1 is 0.857 bits per heavy atom. The topological polar surface area (TPSA) is 64.9 Å². The minimum atomic E-state index is 0.528. The molecule has 0 amide bonds. The van der Waals surface area contributed by atoms with Crippen LogP contribution in [0.3, 0.4) is 0 Å². The van der Waals surface area contributed by atoms with E-state index in [0.717, 1.165) is 38.8 Å². The zero-order chi connectivity index (χ0) is 15.1. The third kappa shape index (κ3) is 2.02. The lowest BCUT2D eigenvalue weighted by Gasteiger charge is -2.15. The summed E-state index contributed by atoms with van der Waals surface area (Å²) in [6.07, 6.45) is 0. The monoisotopic (exact) mass is 277 g/mol. The normalized spacial score (nSPS) is 11.0. The van der Waals surface area contributed by atoms with Crippen molar-refractivity contribution in [1.82, 2.24) is 4.98 Å². The van der Waals surface area contributed by atoms with Crippen LogP contribution in [-0.4, -0.2) is 4.98 Å². The minimum Gasteiger partial charge on any atom is -0.398 e. The van der Waals surface area contributed by atoms with Gasteiger partial charge in [-0.2, -0.15) is 0 Å². The van der Waals surface area contributed by atoms with Crippen LogP contribution in [0, 0.1) is 20.8 Å². The van der Waals surface area contributed by atoms with Crippen LogP contribution in [0.2, 0.25) is 0 Å². The van der Waals surface area contributed by atoms with Gasteiger partial charge in [-0.15, -0.1) is 0 Å². The molecule has 0 saturated heterocycles. The number of nitrogens with two attached hydrogens (primary N) is 2. The zero-order valence-corrected chi connectivity index (χ0v) is 12.6. The summed E-state index contributed by atoms with van der Waals surface area (Å²) in [5.74, 6) is 0.528. The number of anilines is 2. The van der Waals surface area contributed by atoms with Crippen molar-refractivity contribution in [3.8, 4) is 11.3 Å². The molecule has 3 nitrogen and oxygen atoms in total. The fraction of sp³-hybridized carbons (Fsp3) is 0.167. The average Bonchev–Trinajstić information content (AvgIpc) is 2.46. The van der Waals surface area contributed by atoms with E-state index in [9.17, 15) is 0 Å². The Balaban J connectivity index is 2.44. The molecule has 0 aliphatic rings. The smallest absolute Gasteiger partial charge is 0.132 e. The second-order valence-corrected chi connectivity index (χ2v) is 5.50.